The highest BCUT2D eigenvalue weighted by Crippen LogP contribution is 2.40. The van der Waals surface area contributed by atoms with E-state index in [1.165, 1.54) is 42.1 Å². The summed E-state index contributed by atoms with van der Waals surface area (Å²) >= 11 is 0. The van der Waals surface area contributed by atoms with Crippen LogP contribution in [0.1, 0.15) is 60.8 Å². The van der Waals surface area contributed by atoms with Gasteiger partial charge in [-0.1, -0.05) is 43.7 Å². The molecule has 0 saturated carbocycles. The van der Waals surface area contributed by atoms with Crippen molar-refractivity contribution < 1.29 is 9.90 Å². The molecule has 0 aromatic rings. The van der Waals surface area contributed by atoms with E-state index in [1.54, 1.807) is 6.92 Å². The van der Waals surface area contributed by atoms with Crippen LogP contribution in [-0.4, -0.2) is 11.1 Å². The molecule has 0 unspecified atom stereocenters. The van der Waals surface area contributed by atoms with Crippen LogP contribution in [0, 0.1) is 5.41 Å². The Morgan fingerprint density at radius 1 is 1.09 bits per heavy atom. The molecule has 0 radical (unpaired) electrons. The van der Waals surface area contributed by atoms with Gasteiger partial charge in [-0.2, -0.15) is 0 Å². The molecule has 2 heteroatoms. The van der Waals surface area contributed by atoms with Gasteiger partial charge in [0.2, 0.25) is 0 Å². The summed E-state index contributed by atoms with van der Waals surface area (Å²) in [6.07, 6.45) is 13.2. The maximum Gasteiger partial charge on any atom is 0.328 e. The van der Waals surface area contributed by atoms with Crippen molar-refractivity contribution in [2.45, 2.75) is 60.8 Å². The molecule has 0 aromatic heterocycles. The largest absolute Gasteiger partial charge is 0.478 e. The number of rotatable bonds is 5. The van der Waals surface area contributed by atoms with Gasteiger partial charge in [0.1, 0.15) is 0 Å². The van der Waals surface area contributed by atoms with Gasteiger partial charge in [-0.05, 0) is 74.7 Å². The molecule has 1 N–H and O–H groups in total. The Morgan fingerprint density at radius 2 is 1.70 bits per heavy atom. The molecule has 1 aliphatic carbocycles. The van der Waals surface area contributed by atoms with E-state index in [4.69, 9.17) is 5.11 Å². The summed E-state index contributed by atoms with van der Waals surface area (Å²) in [5, 5.41) is 8.72. The topological polar surface area (TPSA) is 37.3 Å². The number of aliphatic carboxylic acids is 1. The van der Waals surface area contributed by atoms with E-state index in [9.17, 15) is 4.79 Å². The SMILES string of the molecule is CC1=C(/C=C/C(C)=C(C)\C=C\C(C)=C\C(=O)O)C(C)(C)CCC1. The van der Waals surface area contributed by atoms with Crippen molar-refractivity contribution >= 4 is 5.97 Å². The minimum Gasteiger partial charge on any atom is -0.478 e. The molecule has 0 bridgehead atoms. The van der Waals surface area contributed by atoms with Crippen LogP contribution in [0.2, 0.25) is 0 Å². The van der Waals surface area contributed by atoms with E-state index >= 15 is 0 Å². The quantitative estimate of drug-likeness (QED) is 0.499. The summed E-state index contributed by atoms with van der Waals surface area (Å²) in [6, 6.07) is 0. The lowest BCUT2D eigenvalue weighted by Crippen LogP contribution is -2.19. The lowest BCUT2D eigenvalue weighted by Gasteiger charge is -2.33. The molecule has 0 fully saturated rings. The van der Waals surface area contributed by atoms with Crippen LogP contribution in [0.3, 0.4) is 0 Å². The van der Waals surface area contributed by atoms with Crippen LogP contribution in [0.25, 0.3) is 0 Å². The standard InChI is InChI=1S/C21H30O2/c1-15(14-20(22)23)9-10-16(2)17(3)11-12-19-18(4)8-7-13-21(19,5)6/h9-12,14H,7-8,13H2,1-6H3,(H,22,23)/b10-9+,12-11+,15-14+,17-16-. The van der Waals surface area contributed by atoms with Crippen LogP contribution in [0.5, 0.6) is 0 Å². The third-order valence-corrected chi connectivity index (χ3v) is 4.61. The van der Waals surface area contributed by atoms with Crippen LogP contribution in [-0.2, 0) is 4.79 Å². The lowest BCUT2D eigenvalue weighted by molar-refractivity contribution is -0.131. The van der Waals surface area contributed by atoms with Gasteiger partial charge < -0.3 is 5.11 Å². The first-order valence-corrected chi connectivity index (χ1v) is 8.28. The van der Waals surface area contributed by atoms with Crippen molar-refractivity contribution in [3.05, 3.63) is 58.2 Å². The van der Waals surface area contributed by atoms with Gasteiger partial charge in [0.15, 0.2) is 0 Å². The molecule has 1 rings (SSSR count). The molecular formula is C21H30O2. The van der Waals surface area contributed by atoms with Gasteiger partial charge in [0.05, 0.1) is 0 Å². The molecule has 0 amide bonds. The van der Waals surface area contributed by atoms with E-state index in [2.05, 4.69) is 46.8 Å². The summed E-state index contributed by atoms with van der Waals surface area (Å²) in [5.41, 5.74) is 6.29. The predicted octanol–water partition coefficient (Wildman–Crippen LogP) is 5.99. The predicted molar refractivity (Wildman–Crippen MR) is 98.4 cm³/mol. The maximum absolute atomic E-state index is 10.6. The van der Waals surface area contributed by atoms with Crippen molar-refractivity contribution in [2.75, 3.05) is 0 Å². The second kappa shape index (κ2) is 8.14. The number of carbonyl (C=O) groups is 1. The van der Waals surface area contributed by atoms with Crippen molar-refractivity contribution in [2.24, 2.45) is 5.41 Å². The monoisotopic (exact) mass is 314 g/mol. The average Bonchev–Trinajstić information content (AvgIpc) is 2.42. The van der Waals surface area contributed by atoms with Crippen LogP contribution >= 0.6 is 0 Å². The molecule has 0 heterocycles. The van der Waals surface area contributed by atoms with Crippen molar-refractivity contribution in [3.8, 4) is 0 Å². The third-order valence-electron chi connectivity index (χ3n) is 4.61. The molecule has 1 aliphatic rings. The Morgan fingerprint density at radius 3 is 2.26 bits per heavy atom. The van der Waals surface area contributed by atoms with Crippen molar-refractivity contribution in [3.63, 3.8) is 0 Å². The van der Waals surface area contributed by atoms with E-state index in [0.717, 1.165) is 11.1 Å². The highest BCUT2D eigenvalue weighted by Gasteiger charge is 2.26. The molecule has 2 nitrogen and oxygen atoms in total. The first-order chi connectivity index (χ1) is 10.6. The summed E-state index contributed by atoms with van der Waals surface area (Å²) in [6.45, 7) is 12.8. The number of hydrogen-bond acceptors (Lipinski definition) is 1. The van der Waals surface area contributed by atoms with E-state index < -0.39 is 5.97 Å². The zero-order valence-electron chi connectivity index (χ0n) is 15.4. The Balaban J connectivity index is 2.94. The normalized spacial score (nSPS) is 20.3. The molecule has 0 aromatic carbocycles. The molecular weight excluding hydrogens is 284 g/mol. The molecule has 23 heavy (non-hydrogen) atoms. The summed E-state index contributed by atoms with van der Waals surface area (Å²) in [4.78, 5) is 10.6. The molecule has 0 saturated heterocycles. The minimum absolute atomic E-state index is 0.254. The third kappa shape index (κ3) is 6.05. The summed E-state index contributed by atoms with van der Waals surface area (Å²) in [7, 11) is 0. The average molecular weight is 314 g/mol. The molecule has 0 atom stereocenters. The van der Waals surface area contributed by atoms with Crippen LogP contribution < -0.4 is 0 Å². The van der Waals surface area contributed by atoms with Crippen molar-refractivity contribution in [1.82, 2.24) is 0 Å². The molecule has 0 spiro atoms. The zero-order chi connectivity index (χ0) is 17.6. The summed E-state index contributed by atoms with van der Waals surface area (Å²) < 4.78 is 0. The highest BCUT2D eigenvalue weighted by molar-refractivity contribution is 5.81. The zero-order valence-corrected chi connectivity index (χ0v) is 15.4. The van der Waals surface area contributed by atoms with E-state index in [-0.39, 0.29) is 5.41 Å². The van der Waals surface area contributed by atoms with Gasteiger partial charge in [0.25, 0.3) is 0 Å². The maximum atomic E-state index is 10.6. The van der Waals surface area contributed by atoms with Crippen LogP contribution in [0.4, 0.5) is 0 Å². The van der Waals surface area contributed by atoms with Gasteiger partial charge in [-0.25, -0.2) is 4.79 Å². The number of hydrogen-bond donors (Lipinski definition) is 1. The Kier molecular flexibility index (Phi) is 6.80. The van der Waals surface area contributed by atoms with Gasteiger partial charge in [-0.15, -0.1) is 0 Å². The first-order valence-electron chi connectivity index (χ1n) is 8.28. The second-order valence-corrected chi connectivity index (χ2v) is 7.19. The highest BCUT2D eigenvalue weighted by atomic mass is 16.4. The molecule has 126 valence electrons. The van der Waals surface area contributed by atoms with E-state index in [0.29, 0.717) is 0 Å². The Bertz CT molecular complexity index is 608. The van der Waals surface area contributed by atoms with Crippen molar-refractivity contribution in [1.29, 1.82) is 0 Å². The van der Waals surface area contributed by atoms with Gasteiger partial charge in [-0.3, -0.25) is 0 Å². The second-order valence-electron chi connectivity index (χ2n) is 7.19. The number of allylic oxidation sites excluding steroid dienone is 9. The van der Waals surface area contributed by atoms with E-state index in [1.807, 2.05) is 12.2 Å². The lowest BCUT2D eigenvalue weighted by atomic mass is 9.72. The Hall–Kier alpha value is -1.83. The van der Waals surface area contributed by atoms with Gasteiger partial charge >= 0.3 is 5.97 Å². The number of carboxylic acids is 1. The summed E-state index contributed by atoms with van der Waals surface area (Å²) in [5.74, 6) is -0.910. The fraction of sp³-hybridized carbons (Fsp3) is 0.476. The number of carboxylic acid groups (broad SMARTS) is 1. The fourth-order valence-electron chi connectivity index (χ4n) is 2.98. The fourth-order valence-corrected chi connectivity index (χ4v) is 2.98. The van der Waals surface area contributed by atoms with Gasteiger partial charge in [0, 0.05) is 6.08 Å². The molecule has 0 aliphatic heterocycles. The van der Waals surface area contributed by atoms with Crippen LogP contribution in [0.15, 0.2) is 58.2 Å². The first kappa shape index (κ1) is 19.2. The minimum atomic E-state index is -0.910. The Labute approximate surface area is 141 Å². The smallest absolute Gasteiger partial charge is 0.328 e.